The Balaban J connectivity index is 1.70. The van der Waals surface area contributed by atoms with Crippen molar-refractivity contribution in [3.8, 4) is 0 Å². The molecular weight excluding hydrogens is 331 g/mol. The summed E-state index contributed by atoms with van der Waals surface area (Å²) in [6.07, 6.45) is 4.11. The van der Waals surface area contributed by atoms with Gasteiger partial charge in [0.25, 0.3) is 0 Å². The van der Waals surface area contributed by atoms with Gasteiger partial charge < -0.3 is 4.57 Å². The number of para-hydroxylation sites is 1. The Labute approximate surface area is 149 Å². The second-order valence-electron chi connectivity index (χ2n) is 7.06. The van der Waals surface area contributed by atoms with Crippen molar-refractivity contribution in [2.75, 3.05) is 0 Å². The molecule has 4 nitrogen and oxygen atoms in total. The maximum absolute atomic E-state index is 13.3. The summed E-state index contributed by atoms with van der Waals surface area (Å²) in [5.74, 6) is -2.19. The van der Waals surface area contributed by atoms with E-state index < -0.39 is 11.8 Å². The van der Waals surface area contributed by atoms with Crippen molar-refractivity contribution in [1.82, 2.24) is 9.88 Å². The normalized spacial score (nSPS) is 22.0. The lowest BCUT2D eigenvalue weighted by molar-refractivity contribution is -0.125. The highest BCUT2D eigenvalue weighted by atomic mass is 19.1. The van der Waals surface area contributed by atoms with Gasteiger partial charge in [-0.25, -0.2) is 4.39 Å². The molecule has 0 unspecified atom stereocenters. The van der Waals surface area contributed by atoms with Crippen molar-refractivity contribution in [1.29, 1.82) is 0 Å². The van der Waals surface area contributed by atoms with Gasteiger partial charge in [-0.3, -0.25) is 14.9 Å². The number of benzene rings is 2. The molecule has 130 valence electrons. The summed E-state index contributed by atoms with van der Waals surface area (Å²) in [7, 11) is 0. The van der Waals surface area contributed by atoms with E-state index in [0.717, 1.165) is 30.3 Å². The third-order valence-corrected chi connectivity index (χ3v) is 5.57. The van der Waals surface area contributed by atoms with Gasteiger partial charge >= 0.3 is 0 Å². The van der Waals surface area contributed by atoms with Crippen LogP contribution < -0.4 is 5.32 Å². The zero-order valence-corrected chi connectivity index (χ0v) is 14.0. The first-order valence-corrected chi connectivity index (χ1v) is 8.84. The predicted molar refractivity (Wildman–Crippen MR) is 95.3 cm³/mol. The number of rotatable bonds is 2. The van der Waals surface area contributed by atoms with Crippen molar-refractivity contribution in [3.05, 3.63) is 71.2 Å². The highest BCUT2D eigenvalue weighted by Crippen LogP contribution is 2.42. The number of hydrogen-bond donors (Lipinski definition) is 1. The van der Waals surface area contributed by atoms with E-state index in [4.69, 9.17) is 0 Å². The van der Waals surface area contributed by atoms with E-state index in [0.29, 0.717) is 5.56 Å². The molecule has 2 atom stereocenters. The van der Waals surface area contributed by atoms with Gasteiger partial charge in [0.1, 0.15) is 5.82 Å². The average molecular weight is 348 g/mol. The van der Waals surface area contributed by atoms with Gasteiger partial charge in [-0.05, 0) is 41.7 Å². The lowest BCUT2D eigenvalue weighted by atomic mass is 9.83. The van der Waals surface area contributed by atoms with Crippen molar-refractivity contribution >= 4 is 22.7 Å². The van der Waals surface area contributed by atoms with E-state index in [1.807, 2.05) is 18.3 Å². The van der Waals surface area contributed by atoms with Crippen LogP contribution in [-0.2, 0) is 22.6 Å². The molecule has 0 saturated carbocycles. The zero-order chi connectivity index (χ0) is 17.8. The minimum atomic E-state index is -0.633. The maximum atomic E-state index is 13.3. The standard InChI is InChI=1S/C21H17FN2O2/c22-14-8-6-12(7-9-14)17-18(21(26)23-20(17)25)16-11-24-10-2-4-13-3-1-5-15(16)19(13)24/h1,3,5-9,11,17-18H,2,4,10H2,(H,23,25,26)/t17-,18-/m0/s1. The van der Waals surface area contributed by atoms with Crippen LogP contribution in [0.25, 0.3) is 10.9 Å². The molecule has 0 radical (unpaired) electrons. The summed E-state index contributed by atoms with van der Waals surface area (Å²) < 4.78 is 15.5. The summed E-state index contributed by atoms with van der Waals surface area (Å²) in [6.45, 7) is 0.914. The third-order valence-electron chi connectivity index (χ3n) is 5.57. The quantitative estimate of drug-likeness (QED) is 0.723. The summed E-state index contributed by atoms with van der Waals surface area (Å²) in [6, 6.07) is 12.0. The smallest absolute Gasteiger partial charge is 0.235 e. The highest BCUT2D eigenvalue weighted by molar-refractivity contribution is 6.11. The number of nitrogens with zero attached hydrogens (tertiary/aromatic N) is 1. The van der Waals surface area contributed by atoms with Crippen LogP contribution in [0.5, 0.6) is 0 Å². The fourth-order valence-electron chi connectivity index (χ4n) is 4.45. The molecule has 5 heteroatoms. The molecule has 1 aromatic heterocycles. The SMILES string of the molecule is O=C1NC(=O)[C@@H](c2cn3c4c(cccc24)CCC3)[C@@H]1c1ccc(F)cc1. The number of carbonyl (C=O) groups excluding carboxylic acids is 2. The molecule has 0 aliphatic carbocycles. The fraction of sp³-hybridized carbons (Fsp3) is 0.238. The molecule has 0 bridgehead atoms. The van der Waals surface area contributed by atoms with Crippen LogP contribution in [0.15, 0.2) is 48.7 Å². The third kappa shape index (κ3) is 2.13. The molecule has 2 aromatic carbocycles. The molecule has 5 rings (SSSR count). The second kappa shape index (κ2) is 5.53. The number of amides is 2. The largest absolute Gasteiger partial charge is 0.347 e. The Kier molecular flexibility index (Phi) is 3.26. The van der Waals surface area contributed by atoms with Gasteiger partial charge in [0.15, 0.2) is 0 Å². The lowest BCUT2D eigenvalue weighted by Crippen LogP contribution is -2.21. The first kappa shape index (κ1) is 15.3. The van der Waals surface area contributed by atoms with Gasteiger partial charge in [0.05, 0.1) is 17.4 Å². The molecule has 2 aliphatic rings. The van der Waals surface area contributed by atoms with Crippen LogP contribution in [0.3, 0.4) is 0 Å². The predicted octanol–water partition coefficient (Wildman–Crippen LogP) is 3.25. The van der Waals surface area contributed by atoms with E-state index >= 15 is 0 Å². The molecule has 2 amide bonds. The topological polar surface area (TPSA) is 51.1 Å². The molecular formula is C21H17FN2O2. The van der Waals surface area contributed by atoms with E-state index in [1.54, 1.807) is 12.1 Å². The van der Waals surface area contributed by atoms with E-state index in [9.17, 15) is 14.0 Å². The molecule has 3 heterocycles. The molecule has 26 heavy (non-hydrogen) atoms. The van der Waals surface area contributed by atoms with E-state index in [1.165, 1.54) is 23.2 Å². The number of aryl methyl sites for hydroxylation is 2. The molecule has 3 aromatic rings. The van der Waals surface area contributed by atoms with Crippen molar-refractivity contribution in [2.45, 2.75) is 31.2 Å². The fourth-order valence-corrected chi connectivity index (χ4v) is 4.45. The van der Waals surface area contributed by atoms with Crippen molar-refractivity contribution in [3.63, 3.8) is 0 Å². The molecule has 1 N–H and O–H groups in total. The van der Waals surface area contributed by atoms with Crippen LogP contribution in [0.1, 0.15) is 34.9 Å². The van der Waals surface area contributed by atoms with Gasteiger partial charge in [-0.1, -0.05) is 30.3 Å². The molecule has 1 saturated heterocycles. The first-order valence-electron chi connectivity index (χ1n) is 8.84. The van der Waals surface area contributed by atoms with Crippen LogP contribution in [0.2, 0.25) is 0 Å². The first-order chi connectivity index (χ1) is 12.6. The van der Waals surface area contributed by atoms with Crippen LogP contribution in [0, 0.1) is 5.82 Å². The summed E-state index contributed by atoms with van der Waals surface area (Å²) in [5.41, 5.74) is 3.98. The second-order valence-corrected chi connectivity index (χ2v) is 7.06. The van der Waals surface area contributed by atoms with Crippen LogP contribution in [0.4, 0.5) is 4.39 Å². The minimum Gasteiger partial charge on any atom is -0.347 e. The minimum absolute atomic E-state index is 0.284. The Morgan fingerprint density at radius 2 is 1.77 bits per heavy atom. The number of aromatic nitrogens is 1. The van der Waals surface area contributed by atoms with Crippen LogP contribution >= 0.6 is 0 Å². The Bertz CT molecular complexity index is 1050. The maximum Gasteiger partial charge on any atom is 0.235 e. The van der Waals surface area contributed by atoms with Gasteiger partial charge in [-0.2, -0.15) is 0 Å². The van der Waals surface area contributed by atoms with Crippen LogP contribution in [-0.4, -0.2) is 16.4 Å². The number of imide groups is 1. The van der Waals surface area contributed by atoms with Crippen molar-refractivity contribution in [2.24, 2.45) is 0 Å². The van der Waals surface area contributed by atoms with Crippen molar-refractivity contribution < 1.29 is 14.0 Å². The number of hydrogen-bond acceptors (Lipinski definition) is 2. The van der Waals surface area contributed by atoms with Gasteiger partial charge in [0, 0.05) is 18.1 Å². The van der Waals surface area contributed by atoms with Gasteiger partial charge in [-0.15, -0.1) is 0 Å². The lowest BCUT2D eigenvalue weighted by Gasteiger charge is -2.15. The van der Waals surface area contributed by atoms with E-state index in [2.05, 4.69) is 16.0 Å². The highest BCUT2D eigenvalue weighted by Gasteiger charge is 2.44. The number of halogens is 1. The Morgan fingerprint density at radius 3 is 2.58 bits per heavy atom. The summed E-state index contributed by atoms with van der Waals surface area (Å²) >= 11 is 0. The number of nitrogens with one attached hydrogen (secondary N) is 1. The summed E-state index contributed by atoms with van der Waals surface area (Å²) in [5, 5.41) is 3.50. The molecule has 0 spiro atoms. The Morgan fingerprint density at radius 1 is 1.00 bits per heavy atom. The molecule has 1 fully saturated rings. The summed E-state index contributed by atoms with van der Waals surface area (Å²) in [4.78, 5) is 25.2. The Hall–Kier alpha value is -2.95. The number of carbonyl (C=O) groups is 2. The molecule has 2 aliphatic heterocycles. The monoisotopic (exact) mass is 348 g/mol. The average Bonchev–Trinajstić information content (AvgIpc) is 3.14. The van der Waals surface area contributed by atoms with Gasteiger partial charge in [0.2, 0.25) is 11.8 Å². The zero-order valence-electron chi connectivity index (χ0n) is 14.0. The van der Waals surface area contributed by atoms with E-state index in [-0.39, 0.29) is 17.6 Å².